The van der Waals surface area contributed by atoms with E-state index in [0.29, 0.717) is 18.7 Å². The van der Waals surface area contributed by atoms with Gasteiger partial charge in [-0.2, -0.15) is 0 Å². The van der Waals surface area contributed by atoms with Crippen molar-refractivity contribution in [1.29, 1.82) is 0 Å². The first kappa shape index (κ1) is 19.7. The predicted molar refractivity (Wildman–Crippen MR) is 112 cm³/mol. The number of carboxylic acid groups (broad SMARTS) is 1. The van der Waals surface area contributed by atoms with Crippen LogP contribution in [0.25, 0.3) is 0 Å². The van der Waals surface area contributed by atoms with Crippen LogP contribution >= 0.6 is 0 Å². The number of carboxylic acids is 1. The van der Waals surface area contributed by atoms with Crippen LogP contribution in [0, 0.1) is 0 Å². The molecule has 1 heterocycles. The second-order valence-electron chi connectivity index (χ2n) is 6.79. The lowest BCUT2D eigenvalue weighted by Crippen LogP contribution is -2.29. The summed E-state index contributed by atoms with van der Waals surface area (Å²) in [6, 6.07) is 19.1. The lowest BCUT2D eigenvalue weighted by molar-refractivity contribution is 0.0698. The molecule has 0 fully saturated rings. The number of para-hydroxylation sites is 1. The normalized spacial score (nSPS) is 13.0. The third kappa shape index (κ3) is 3.53. The van der Waals surface area contributed by atoms with Gasteiger partial charge in [-0.15, -0.1) is 0 Å². The van der Waals surface area contributed by atoms with E-state index in [9.17, 15) is 23.1 Å². The Morgan fingerprint density at radius 3 is 2.37 bits per heavy atom. The smallest absolute Gasteiger partial charge is 0.337 e. The number of rotatable bonds is 5. The van der Waals surface area contributed by atoms with Crippen molar-refractivity contribution in [3.8, 4) is 0 Å². The number of anilines is 2. The fourth-order valence-corrected chi connectivity index (χ4v) is 4.95. The molecule has 2 N–H and O–H groups in total. The van der Waals surface area contributed by atoms with Gasteiger partial charge in [0.15, 0.2) is 0 Å². The lowest BCUT2D eigenvalue weighted by atomic mass is 10.1. The van der Waals surface area contributed by atoms with Crippen LogP contribution in [0.3, 0.4) is 0 Å². The van der Waals surface area contributed by atoms with Gasteiger partial charge in [0.2, 0.25) is 0 Å². The van der Waals surface area contributed by atoms with Crippen molar-refractivity contribution in [2.24, 2.45) is 0 Å². The molecule has 0 saturated heterocycles. The van der Waals surface area contributed by atoms with Crippen LogP contribution in [-0.2, 0) is 16.4 Å². The zero-order valence-corrected chi connectivity index (χ0v) is 16.6. The fraction of sp³-hybridized carbons (Fsp3) is 0.0909. The largest absolute Gasteiger partial charge is 0.478 e. The number of hydrogen-bond acceptors (Lipinski definition) is 4. The summed E-state index contributed by atoms with van der Waals surface area (Å²) in [5.41, 5.74) is 1.67. The minimum atomic E-state index is -3.75. The summed E-state index contributed by atoms with van der Waals surface area (Å²) in [7, 11) is -3.75. The highest BCUT2D eigenvalue weighted by Crippen LogP contribution is 2.34. The maximum Gasteiger partial charge on any atom is 0.337 e. The summed E-state index contributed by atoms with van der Waals surface area (Å²) in [6.07, 6.45) is 0.547. The van der Waals surface area contributed by atoms with Gasteiger partial charge in [0, 0.05) is 12.1 Å². The number of carbonyl (C=O) groups is 2. The molecule has 0 aliphatic carbocycles. The summed E-state index contributed by atoms with van der Waals surface area (Å²) in [5, 5.41) is 11.9. The van der Waals surface area contributed by atoms with Gasteiger partial charge in [-0.05, 0) is 48.4 Å². The number of sulfonamides is 1. The number of nitrogens with one attached hydrogen (secondary N) is 1. The number of hydrogen-bond donors (Lipinski definition) is 2. The Kier molecular flexibility index (Phi) is 5.01. The zero-order valence-electron chi connectivity index (χ0n) is 15.8. The topological polar surface area (TPSA) is 104 Å². The molecule has 1 aliphatic heterocycles. The molecule has 1 aliphatic rings. The molecule has 30 heavy (non-hydrogen) atoms. The van der Waals surface area contributed by atoms with E-state index in [4.69, 9.17) is 0 Å². The summed E-state index contributed by atoms with van der Waals surface area (Å²) in [4.78, 5) is 24.3. The van der Waals surface area contributed by atoms with Gasteiger partial charge in [0.05, 0.1) is 21.8 Å². The first-order chi connectivity index (χ1) is 14.4. The van der Waals surface area contributed by atoms with Crippen LogP contribution in [0.4, 0.5) is 11.4 Å². The minimum Gasteiger partial charge on any atom is -0.478 e. The van der Waals surface area contributed by atoms with E-state index in [1.165, 1.54) is 34.6 Å². The highest BCUT2D eigenvalue weighted by molar-refractivity contribution is 7.92. The highest BCUT2D eigenvalue weighted by Gasteiger charge is 2.31. The minimum absolute atomic E-state index is 0.0275. The number of aromatic carboxylic acids is 1. The molecule has 0 atom stereocenters. The number of fused-ring (bicyclic) bond motifs is 1. The second kappa shape index (κ2) is 7.64. The molecule has 3 aromatic rings. The van der Waals surface area contributed by atoms with Gasteiger partial charge in [0.25, 0.3) is 15.9 Å². The standard InChI is InChI=1S/C22H18N2O5S/c25-21(23-19-9-5-4-8-18(19)22(26)27)16-11-10-15-12-13-24(20(15)14-16)30(28,29)17-6-2-1-3-7-17/h1-11,14H,12-13H2,(H,23,25)(H,26,27). The zero-order chi connectivity index (χ0) is 21.3. The van der Waals surface area contributed by atoms with Crippen molar-refractivity contribution in [2.45, 2.75) is 11.3 Å². The fourth-order valence-electron chi connectivity index (χ4n) is 3.43. The van der Waals surface area contributed by atoms with Gasteiger partial charge in [0.1, 0.15) is 0 Å². The molecule has 0 radical (unpaired) electrons. The van der Waals surface area contributed by atoms with Crippen LogP contribution < -0.4 is 9.62 Å². The van der Waals surface area contributed by atoms with Crippen molar-refractivity contribution in [3.63, 3.8) is 0 Å². The number of amides is 1. The predicted octanol–water partition coefficient (Wildman–Crippen LogP) is 3.39. The van der Waals surface area contributed by atoms with E-state index < -0.39 is 21.9 Å². The molecule has 3 aromatic carbocycles. The summed E-state index contributed by atoms with van der Waals surface area (Å²) in [5.74, 6) is -1.67. The van der Waals surface area contributed by atoms with E-state index in [0.717, 1.165) is 5.56 Å². The molecule has 152 valence electrons. The van der Waals surface area contributed by atoms with Gasteiger partial charge in [-0.25, -0.2) is 13.2 Å². The maximum atomic E-state index is 13.0. The first-order valence-corrected chi connectivity index (χ1v) is 10.7. The van der Waals surface area contributed by atoms with Crippen molar-refractivity contribution in [2.75, 3.05) is 16.2 Å². The Bertz CT molecular complexity index is 1240. The van der Waals surface area contributed by atoms with E-state index in [1.54, 1.807) is 42.5 Å². The van der Waals surface area contributed by atoms with Crippen molar-refractivity contribution in [3.05, 3.63) is 89.5 Å². The maximum absolute atomic E-state index is 13.0. The van der Waals surface area contributed by atoms with Crippen molar-refractivity contribution >= 4 is 33.3 Å². The van der Waals surface area contributed by atoms with Crippen molar-refractivity contribution < 1.29 is 23.1 Å². The average molecular weight is 422 g/mol. The summed E-state index contributed by atoms with van der Waals surface area (Å²) >= 11 is 0. The third-order valence-corrected chi connectivity index (χ3v) is 6.76. The summed E-state index contributed by atoms with van der Waals surface area (Å²) in [6.45, 7) is 0.291. The second-order valence-corrected chi connectivity index (χ2v) is 8.65. The molecule has 1 amide bonds. The molecule has 0 unspecified atom stereocenters. The Morgan fingerprint density at radius 1 is 0.933 bits per heavy atom. The van der Waals surface area contributed by atoms with E-state index in [2.05, 4.69) is 5.32 Å². The number of benzene rings is 3. The van der Waals surface area contributed by atoms with Crippen LogP contribution in [0.15, 0.2) is 77.7 Å². The highest BCUT2D eigenvalue weighted by atomic mass is 32.2. The SMILES string of the molecule is O=C(Nc1ccccc1C(=O)O)c1ccc2c(c1)N(S(=O)(=O)c1ccccc1)CC2. The van der Waals surface area contributed by atoms with Crippen LogP contribution in [0.1, 0.15) is 26.3 Å². The van der Waals surface area contributed by atoms with Gasteiger partial charge in [-0.3, -0.25) is 9.10 Å². The van der Waals surface area contributed by atoms with Crippen LogP contribution in [0.2, 0.25) is 0 Å². The molecular formula is C22H18N2O5S. The van der Waals surface area contributed by atoms with E-state index >= 15 is 0 Å². The number of carbonyl (C=O) groups excluding carboxylic acids is 1. The molecular weight excluding hydrogens is 404 g/mol. The molecule has 7 nitrogen and oxygen atoms in total. The lowest BCUT2D eigenvalue weighted by Gasteiger charge is -2.20. The molecule has 0 bridgehead atoms. The van der Waals surface area contributed by atoms with E-state index in [-0.39, 0.29) is 21.7 Å². The van der Waals surface area contributed by atoms with Gasteiger partial charge >= 0.3 is 5.97 Å². The molecule has 0 saturated carbocycles. The Balaban J connectivity index is 1.66. The Morgan fingerprint density at radius 2 is 1.63 bits per heavy atom. The third-order valence-electron chi connectivity index (χ3n) is 4.94. The Hall–Kier alpha value is -3.65. The average Bonchev–Trinajstić information content (AvgIpc) is 3.18. The van der Waals surface area contributed by atoms with Gasteiger partial charge in [-0.1, -0.05) is 36.4 Å². The van der Waals surface area contributed by atoms with Crippen LogP contribution in [0.5, 0.6) is 0 Å². The molecule has 8 heteroatoms. The van der Waals surface area contributed by atoms with Gasteiger partial charge < -0.3 is 10.4 Å². The summed E-state index contributed by atoms with van der Waals surface area (Å²) < 4.78 is 27.4. The van der Waals surface area contributed by atoms with Crippen LogP contribution in [-0.4, -0.2) is 31.9 Å². The quantitative estimate of drug-likeness (QED) is 0.656. The molecule has 4 rings (SSSR count). The number of nitrogens with zero attached hydrogens (tertiary/aromatic N) is 1. The molecule has 0 spiro atoms. The van der Waals surface area contributed by atoms with Crippen molar-refractivity contribution in [1.82, 2.24) is 0 Å². The first-order valence-electron chi connectivity index (χ1n) is 9.22. The molecule has 0 aromatic heterocycles. The Labute approximate surface area is 173 Å². The monoisotopic (exact) mass is 422 g/mol. The van der Waals surface area contributed by atoms with E-state index in [1.807, 2.05) is 0 Å².